The number of nitrogens with zero attached hydrogens (tertiary/aromatic N) is 2. The minimum atomic E-state index is -0.437. The van der Waals surface area contributed by atoms with Crippen LogP contribution in [0, 0.1) is 25.2 Å². The van der Waals surface area contributed by atoms with Crippen LogP contribution in [0.2, 0.25) is 0 Å². The second-order valence-electron chi connectivity index (χ2n) is 8.53. The number of nitrogens with one attached hydrogen (secondary N) is 2. The SMILES string of the molecule is Cc1ccc2nc(-c3ccc(N/C=C(/C#N)C(=O)Nc4c(C)cccc4C(C)C)cc3)sc2c1. The number of anilines is 2. The van der Waals surface area contributed by atoms with Crippen molar-refractivity contribution in [3.63, 3.8) is 0 Å². The van der Waals surface area contributed by atoms with Crippen LogP contribution in [0.3, 0.4) is 0 Å². The molecule has 0 aliphatic heterocycles. The minimum Gasteiger partial charge on any atom is -0.360 e. The lowest BCUT2D eigenvalue weighted by Crippen LogP contribution is -2.17. The Balaban J connectivity index is 1.49. The summed E-state index contributed by atoms with van der Waals surface area (Å²) in [4.78, 5) is 17.5. The number of rotatable bonds is 6. The van der Waals surface area contributed by atoms with Gasteiger partial charge in [-0.3, -0.25) is 4.79 Å². The fraction of sp³-hybridized carbons (Fsp3) is 0.179. The smallest absolute Gasteiger partial charge is 0.267 e. The molecule has 0 saturated heterocycles. The number of aryl methyl sites for hydroxylation is 2. The summed E-state index contributed by atoms with van der Waals surface area (Å²) < 4.78 is 1.17. The number of nitriles is 1. The number of para-hydroxylation sites is 1. The van der Waals surface area contributed by atoms with Gasteiger partial charge in [-0.15, -0.1) is 11.3 Å². The van der Waals surface area contributed by atoms with Crippen LogP contribution in [0.25, 0.3) is 20.8 Å². The van der Waals surface area contributed by atoms with Gasteiger partial charge in [0, 0.05) is 23.1 Å². The van der Waals surface area contributed by atoms with E-state index in [1.165, 1.54) is 16.5 Å². The molecule has 1 amide bonds. The molecule has 0 aliphatic rings. The quantitative estimate of drug-likeness (QED) is 0.233. The average molecular weight is 467 g/mol. The fourth-order valence-corrected chi connectivity index (χ4v) is 4.76. The molecule has 3 aromatic carbocycles. The first kappa shape index (κ1) is 23.2. The van der Waals surface area contributed by atoms with Gasteiger partial charge in [0.05, 0.1) is 10.2 Å². The van der Waals surface area contributed by atoms with Gasteiger partial charge >= 0.3 is 0 Å². The molecule has 4 aromatic rings. The molecule has 5 nitrogen and oxygen atoms in total. The molecule has 0 fully saturated rings. The summed E-state index contributed by atoms with van der Waals surface area (Å²) in [7, 11) is 0. The predicted octanol–water partition coefficient (Wildman–Crippen LogP) is 7.16. The fourth-order valence-electron chi connectivity index (χ4n) is 3.69. The van der Waals surface area contributed by atoms with Gasteiger partial charge in [0.25, 0.3) is 5.91 Å². The van der Waals surface area contributed by atoms with Crippen molar-refractivity contribution in [2.45, 2.75) is 33.6 Å². The summed E-state index contributed by atoms with van der Waals surface area (Å²) in [6.45, 7) is 8.18. The first-order valence-corrected chi connectivity index (χ1v) is 11.9. The number of hydrogen-bond donors (Lipinski definition) is 2. The highest BCUT2D eigenvalue weighted by molar-refractivity contribution is 7.21. The molecule has 34 heavy (non-hydrogen) atoms. The number of hydrogen-bond acceptors (Lipinski definition) is 5. The van der Waals surface area contributed by atoms with Crippen molar-refractivity contribution in [2.75, 3.05) is 10.6 Å². The number of amides is 1. The minimum absolute atomic E-state index is 0.00331. The van der Waals surface area contributed by atoms with E-state index in [1.54, 1.807) is 11.3 Å². The average Bonchev–Trinajstić information content (AvgIpc) is 3.24. The normalized spacial score (nSPS) is 11.5. The maximum Gasteiger partial charge on any atom is 0.267 e. The van der Waals surface area contributed by atoms with Crippen molar-refractivity contribution in [2.24, 2.45) is 0 Å². The van der Waals surface area contributed by atoms with E-state index in [0.29, 0.717) is 0 Å². The molecule has 0 bridgehead atoms. The third kappa shape index (κ3) is 5.00. The second kappa shape index (κ2) is 9.90. The highest BCUT2D eigenvalue weighted by Gasteiger charge is 2.15. The number of carbonyl (C=O) groups is 1. The molecule has 0 saturated carbocycles. The van der Waals surface area contributed by atoms with Crippen LogP contribution < -0.4 is 10.6 Å². The summed E-state index contributed by atoms with van der Waals surface area (Å²) in [5.74, 6) is -0.187. The van der Waals surface area contributed by atoms with E-state index in [9.17, 15) is 10.1 Å². The number of benzene rings is 3. The lowest BCUT2D eigenvalue weighted by Gasteiger charge is -2.16. The molecule has 0 aliphatic carbocycles. The Morgan fingerprint density at radius 1 is 1.09 bits per heavy atom. The Morgan fingerprint density at radius 3 is 2.56 bits per heavy atom. The highest BCUT2D eigenvalue weighted by Crippen LogP contribution is 2.31. The van der Waals surface area contributed by atoms with Crippen LogP contribution in [0.5, 0.6) is 0 Å². The first-order chi connectivity index (χ1) is 16.4. The molecule has 0 atom stereocenters. The number of aromatic nitrogens is 1. The number of thiazole rings is 1. The molecule has 4 rings (SSSR count). The summed E-state index contributed by atoms with van der Waals surface area (Å²) in [5.41, 5.74) is 6.78. The first-order valence-electron chi connectivity index (χ1n) is 11.1. The molecule has 2 N–H and O–H groups in total. The van der Waals surface area contributed by atoms with Gasteiger partial charge in [-0.2, -0.15) is 5.26 Å². The van der Waals surface area contributed by atoms with Gasteiger partial charge in [-0.05, 0) is 72.9 Å². The van der Waals surface area contributed by atoms with E-state index in [1.807, 2.05) is 61.5 Å². The third-order valence-electron chi connectivity index (χ3n) is 5.59. The van der Waals surface area contributed by atoms with Crippen LogP contribution in [0.15, 0.2) is 72.4 Å². The number of fused-ring (bicyclic) bond motifs is 1. The van der Waals surface area contributed by atoms with Gasteiger partial charge < -0.3 is 10.6 Å². The van der Waals surface area contributed by atoms with Crippen molar-refractivity contribution < 1.29 is 4.79 Å². The largest absolute Gasteiger partial charge is 0.360 e. The molecule has 6 heteroatoms. The van der Waals surface area contributed by atoms with Crippen molar-refractivity contribution in [3.8, 4) is 16.6 Å². The Labute approximate surface area is 203 Å². The molecule has 1 aromatic heterocycles. The third-order valence-corrected chi connectivity index (χ3v) is 6.66. The van der Waals surface area contributed by atoms with Gasteiger partial charge in [0.2, 0.25) is 0 Å². The van der Waals surface area contributed by atoms with E-state index < -0.39 is 5.91 Å². The summed E-state index contributed by atoms with van der Waals surface area (Å²) in [6, 6.07) is 22.0. The Kier molecular flexibility index (Phi) is 6.76. The molecule has 170 valence electrons. The second-order valence-corrected chi connectivity index (χ2v) is 9.56. The van der Waals surface area contributed by atoms with E-state index in [0.717, 1.165) is 38.6 Å². The Bertz CT molecular complexity index is 1430. The van der Waals surface area contributed by atoms with E-state index in [4.69, 9.17) is 4.98 Å². The van der Waals surface area contributed by atoms with Crippen LogP contribution in [-0.4, -0.2) is 10.9 Å². The molecule has 1 heterocycles. The van der Waals surface area contributed by atoms with E-state index >= 15 is 0 Å². The lowest BCUT2D eigenvalue weighted by atomic mass is 9.98. The molecule has 0 spiro atoms. The molecular formula is C28H26N4OS. The van der Waals surface area contributed by atoms with Crippen LogP contribution >= 0.6 is 11.3 Å². The monoisotopic (exact) mass is 466 g/mol. The summed E-state index contributed by atoms with van der Waals surface area (Å²) in [6.07, 6.45) is 1.44. The zero-order valence-corrected chi connectivity index (χ0v) is 20.5. The van der Waals surface area contributed by atoms with Gasteiger partial charge in [-0.25, -0.2) is 4.98 Å². The molecule has 0 unspecified atom stereocenters. The van der Waals surface area contributed by atoms with E-state index in [2.05, 4.69) is 43.5 Å². The van der Waals surface area contributed by atoms with Gasteiger partial charge in [0.15, 0.2) is 0 Å². The van der Waals surface area contributed by atoms with Crippen LogP contribution in [0.1, 0.15) is 36.5 Å². The van der Waals surface area contributed by atoms with Crippen molar-refractivity contribution >= 4 is 38.8 Å². The van der Waals surface area contributed by atoms with Crippen molar-refractivity contribution in [3.05, 3.63) is 89.1 Å². The topological polar surface area (TPSA) is 77.8 Å². The summed E-state index contributed by atoms with van der Waals surface area (Å²) >= 11 is 1.66. The molecular weight excluding hydrogens is 440 g/mol. The standard InChI is InChI=1S/C28H26N4OS/c1-17(2)23-7-5-6-19(4)26(23)32-27(33)21(15-29)16-30-22-11-9-20(10-12-22)28-31-24-13-8-18(3)14-25(24)34-28/h5-14,16-17,30H,1-4H3,(H,32,33)/b21-16-. The zero-order valence-electron chi connectivity index (χ0n) is 19.6. The Hall–Kier alpha value is -3.95. The maximum atomic E-state index is 12.8. The van der Waals surface area contributed by atoms with Crippen molar-refractivity contribution in [1.82, 2.24) is 4.98 Å². The predicted molar refractivity (Wildman–Crippen MR) is 141 cm³/mol. The number of carbonyl (C=O) groups excluding carboxylic acids is 1. The van der Waals surface area contributed by atoms with Crippen LogP contribution in [-0.2, 0) is 4.79 Å². The van der Waals surface area contributed by atoms with Gasteiger partial charge in [-0.1, -0.05) is 38.1 Å². The molecule has 0 radical (unpaired) electrons. The highest BCUT2D eigenvalue weighted by atomic mass is 32.1. The van der Waals surface area contributed by atoms with E-state index in [-0.39, 0.29) is 11.5 Å². The maximum absolute atomic E-state index is 12.8. The van der Waals surface area contributed by atoms with Crippen LogP contribution in [0.4, 0.5) is 11.4 Å². The van der Waals surface area contributed by atoms with Crippen molar-refractivity contribution in [1.29, 1.82) is 5.26 Å². The lowest BCUT2D eigenvalue weighted by molar-refractivity contribution is -0.112. The Morgan fingerprint density at radius 2 is 1.85 bits per heavy atom. The summed E-state index contributed by atoms with van der Waals surface area (Å²) in [5, 5.41) is 16.5. The van der Waals surface area contributed by atoms with Gasteiger partial charge in [0.1, 0.15) is 16.6 Å². The zero-order chi connectivity index (χ0) is 24.2.